The van der Waals surface area contributed by atoms with Gasteiger partial charge in [0.05, 0.1) is 19.1 Å². The van der Waals surface area contributed by atoms with E-state index >= 15 is 0 Å². The van der Waals surface area contributed by atoms with E-state index in [4.69, 9.17) is 10.00 Å². The number of ether oxygens (including phenoxy) is 1. The highest BCUT2D eigenvalue weighted by Crippen LogP contribution is 2.32. The molecule has 4 nitrogen and oxygen atoms in total. The average Bonchev–Trinajstić information content (AvgIpc) is 2.75. The molecular weight excluding hydrogens is 228 g/mol. The Bertz CT molecular complexity index is 479. The van der Waals surface area contributed by atoms with E-state index in [1.165, 1.54) is 0 Å². The predicted molar refractivity (Wildman–Crippen MR) is 68.1 cm³/mol. The number of anilines is 1. The Balaban J connectivity index is 2.22. The minimum atomic E-state index is -0.282. The number of rotatable bonds is 4. The molecule has 1 heterocycles. The molecule has 0 aromatic heterocycles. The Morgan fingerprint density at radius 3 is 3.06 bits per heavy atom. The van der Waals surface area contributed by atoms with E-state index in [0.717, 1.165) is 11.3 Å². The van der Waals surface area contributed by atoms with Gasteiger partial charge in [0.2, 0.25) is 0 Å². The SMILES string of the molecule is CCOC(=O)C1Cc2ccccc2N1CCC#N. The highest BCUT2D eigenvalue weighted by atomic mass is 16.5. The molecule has 0 amide bonds. The van der Waals surface area contributed by atoms with Gasteiger partial charge in [0.25, 0.3) is 0 Å². The summed E-state index contributed by atoms with van der Waals surface area (Å²) in [6.07, 6.45) is 1.07. The zero-order chi connectivity index (χ0) is 13.0. The number of para-hydroxylation sites is 1. The largest absolute Gasteiger partial charge is 0.464 e. The number of nitriles is 1. The van der Waals surface area contributed by atoms with Crippen LogP contribution in [0.1, 0.15) is 18.9 Å². The zero-order valence-electron chi connectivity index (χ0n) is 10.4. The summed E-state index contributed by atoms with van der Waals surface area (Å²) >= 11 is 0. The molecule has 4 heteroatoms. The van der Waals surface area contributed by atoms with Gasteiger partial charge >= 0.3 is 5.97 Å². The topological polar surface area (TPSA) is 53.3 Å². The maximum atomic E-state index is 11.9. The summed E-state index contributed by atoms with van der Waals surface area (Å²) in [5, 5.41) is 8.71. The van der Waals surface area contributed by atoms with Gasteiger partial charge in [-0.05, 0) is 18.6 Å². The second-order valence-electron chi connectivity index (χ2n) is 4.20. The van der Waals surface area contributed by atoms with E-state index in [1.807, 2.05) is 29.2 Å². The predicted octanol–water partition coefficient (Wildman–Crippen LogP) is 1.89. The first-order valence-electron chi connectivity index (χ1n) is 6.16. The number of hydrogen-bond acceptors (Lipinski definition) is 4. The molecule has 94 valence electrons. The normalized spacial score (nSPS) is 17.1. The van der Waals surface area contributed by atoms with Crippen LogP contribution in [-0.4, -0.2) is 25.2 Å². The van der Waals surface area contributed by atoms with Gasteiger partial charge in [-0.1, -0.05) is 18.2 Å². The second kappa shape index (κ2) is 5.54. The summed E-state index contributed by atoms with van der Waals surface area (Å²) < 4.78 is 5.10. The van der Waals surface area contributed by atoms with Crippen molar-refractivity contribution < 1.29 is 9.53 Å². The Morgan fingerprint density at radius 2 is 2.33 bits per heavy atom. The molecule has 2 rings (SSSR count). The number of fused-ring (bicyclic) bond motifs is 1. The van der Waals surface area contributed by atoms with Crippen LogP contribution in [0.5, 0.6) is 0 Å². The van der Waals surface area contributed by atoms with Crippen LogP contribution < -0.4 is 4.90 Å². The Labute approximate surface area is 107 Å². The lowest BCUT2D eigenvalue weighted by Gasteiger charge is -2.24. The van der Waals surface area contributed by atoms with Gasteiger partial charge in [0.15, 0.2) is 0 Å². The van der Waals surface area contributed by atoms with Crippen molar-refractivity contribution in [2.75, 3.05) is 18.1 Å². The summed E-state index contributed by atoms with van der Waals surface area (Å²) in [6, 6.07) is 9.77. The Morgan fingerprint density at radius 1 is 1.56 bits per heavy atom. The lowest BCUT2D eigenvalue weighted by Crippen LogP contribution is -2.40. The van der Waals surface area contributed by atoms with Crippen molar-refractivity contribution in [2.45, 2.75) is 25.8 Å². The first-order valence-corrected chi connectivity index (χ1v) is 6.16. The Kier molecular flexibility index (Phi) is 3.83. The summed E-state index contributed by atoms with van der Waals surface area (Å²) in [5.74, 6) is -0.202. The molecule has 0 N–H and O–H groups in total. The van der Waals surface area contributed by atoms with Crippen LogP contribution in [0.4, 0.5) is 5.69 Å². The number of benzene rings is 1. The van der Waals surface area contributed by atoms with Crippen molar-refractivity contribution in [1.29, 1.82) is 5.26 Å². The van der Waals surface area contributed by atoms with Crippen LogP contribution in [0.15, 0.2) is 24.3 Å². The van der Waals surface area contributed by atoms with E-state index in [9.17, 15) is 4.79 Å². The van der Waals surface area contributed by atoms with Gasteiger partial charge in [-0.2, -0.15) is 5.26 Å². The van der Waals surface area contributed by atoms with Crippen LogP contribution in [0.25, 0.3) is 0 Å². The van der Waals surface area contributed by atoms with Gasteiger partial charge in [0, 0.05) is 18.7 Å². The number of esters is 1. The first kappa shape index (κ1) is 12.4. The number of hydrogen-bond donors (Lipinski definition) is 0. The lowest BCUT2D eigenvalue weighted by molar-refractivity contribution is -0.144. The van der Waals surface area contributed by atoms with Crippen LogP contribution in [-0.2, 0) is 16.0 Å². The van der Waals surface area contributed by atoms with Gasteiger partial charge in [-0.25, -0.2) is 4.79 Å². The van der Waals surface area contributed by atoms with E-state index in [0.29, 0.717) is 26.0 Å². The van der Waals surface area contributed by atoms with E-state index in [2.05, 4.69) is 6.07 Å². The minimum Gasteiger partial charge on any atom is -0.464 e. The van der Waals surface area contributed by atoms with Gasteiger partial charge in [0.1, 0.15) is 6.04 Å². The zero-order valence-corrected chi connectivity index (χ0v) is 10.4. The molecular formula is C14H16N2O2. The summed E-state index contributed by atoms with van der Waals surface area (Å²) in [6.45, 7) is 2.76. The quantitative estimate of drug-likeness (QED) is 0.759. The van der Waals surface area contributed by atoms with Crippen molar-refractivity contribution in [3.05, 3.63) is 29.8 Å². The molecule has 1 aromatic rings. The second-order valence-corrected chi connectivity index (χ2v) is 4.20. The number of carbonyl (C=O) groups excluding carboxylic acids is 1. The van der Waals surface area contributed by atoms with Gasteiger partial charge < -0.3 is 9.64 Å². The summed E-state index contributed by atoms with van der Waals surface area (Å²) in [7, 11) is 0. The molecule has 0 aliphatic carbocycles. The highest BCUT2D eigenvalue weighted by molar-refractivity contribution is 5.84. The van der Waals surface area contributed by atoms with Crippen molar-refractivity contribution in [1.82, 2.24) is 0 Å². The molecule has 0 saturated carbocycles. The fraction of sp³-hybridized carbons (Fsp3) is 0.429. The molecule has 1 atom stereocenters. The van der Waals surface area contributed by atoms with Crippen LogP contribution >= 0.6 is 0 Å². The number of carbonyl (C=O) groups is 1. The van der Waals surface area contributed by atoms with E-state index < -0.39 is 0 Å². The third-order valence-electron chi connectivity index (χ3n) is 3.11. The average molecular weight is 244 g/mol. The van der Waals surface area contributed by atoms with Crippen LogP contribution in [0.2, 0.25) is 0 Å². The van der Waals surface area contributed by atoms with E-state index in [1.54, 1.807) is 6.92 Å². The van der Waals surface area contributed by atoms with Crippen LogP contribution in [0.3, 0.4) is 0 Å². The molecule has 1 unspecified atom stereocenters. The molecule has 0 spiro atoms. The minimum absolute atomic E-state index is 0.202. The molecule has 1 aliphatic rings. The maximum absolute atomic E-state index is 11.9. The molecule has 0 fully saturated rings. The molecule has 0 bridgehead atoms. The van der Waals surface area contributed by atoms with Crippen molar-refractivity contribution in [2.24, 2.45) is 0 Å². The monoisotopic (exact) mass is 244 g/mol. The highest BCUT2D eigenvalue weighted by Gasteiger charge is 2.34. The molecule has 0 radical (unpaired) electrons. The third kappa shape index (κ3) is 2.30. The molecule has 0 saturated heterocycles. The van der Waals surface area contributed by atoms with Crippen molar-refractivity contribution in [3.63, 3.8) is 0 Å². The lowest BCUT2D eigenvalue weighted by atomic mass is 10.1. The number of nitrogens with zero attached hydrogens (tertiary/aromatic N) is 2. The maximum Gasteiger partial charge on any atom is 0.329 e. The summed E-state index contributed by atoms with van der Waals surface area (Å²) in [5.41, 5.74) is 2.19. The standard InChI is InChI=1S/C14H16N2O2/c1-2-18-14(17)13-10-11-6-3-4-7-12(11)16(13)9-5-8-15/h3-4,6-7,13H,2,5,9-10H2,1H3. The van der Waals surface area contributed by atoms with Gasteiger partial charge in [-0.15, -0.1) is 0 Å². The first-order chi connectivity index (χ1) is 8.77. The summed E-state index contributed by atoms with van der Waals surface area (Å²) in [4.78, 5) is 13.9. The fourth-order valence-electron chi connectivity index (χ4n) is 2.35. The van der Waals surface area contributed by atoms with Gasteiger partial charge in [-0.3, -0.25) is 0 Å². The van der Waals surface area contributed by atoms with Crippen molar-refractivity contribution in [3.8, 4) is 6.07 Å². The van der Waals surface area contributed by atoms with Crippen molar-refractivity contribution >= 4 is 11.7 Å². The third-order valence-corrected chi connectivity index (χ3v) is 3.11. The smallest absolute Gasteiger partial charge is 0.329 e. The Hall–Kier alpha value is -2.02. The molecule has 1 aromatic carbocycles. The van der Waals surface area contributed by atoms with E-state index in [-0.39, 0.29) is 12.0 Å². The van der Waals surface area contributed by atoms with Crippen LogP contribution in [0, 0.1) is 11.3 Å². The molecule has 1 aliphatic heterocycles. The molecule has 18 heavy (non-hydrogen) atoms. The fourth-order valence-corrected chi connectivity index (χ4v) is 2.35.